The fourth-order valence-corrected chi connectivity index (χ4v) is 3.23. The molecule has 2 aromatic heterocycles. The molecule has 0 radical (unpaired) electrons. The van der Waals surface area contributed by atoms with Crippen molar-refractivity contribution >= 4 is 17.2 Å². The van der Waals surface area contributed by atoms with Crippen LogP contribution < -0.4 is 10.6 Å². The first-order valence-corrected chi connectivity index (χ1v) is 8.01. The summed E-state index contributed by atoms with van der Waals surface area (Å²) in [7, 11) is 0. The van der Waals surface area contributed by atoms with Crippen LogP contribution in [0.15, 0.2) is 48.7 Å². The van der Waals surface area contributed by atoms with Crippen molar-refractivity contribution in [3.05, 3.63) is 60.2 Å². The molecule has 0 unspecified atom stereocenters. The number of benzene rings is 1. The normalized spacial score (nSPS) is 18.2. The molecule has 0 bridgehead atoms. The Morgan fingerprint density at radius 1 is 1.22 bits per heavy atom. The lowest BCUT2D eigenvalue weighted by atomic mass is 9.95. The molecule has 2 N–H and O–H groups in total. The Balaban J connectivity index is 1.74. The Hall–Kier alpha value is -2.40. The van der Waals surface area contributed by atoms with Gasteiger partial charge in [0.05, 0.1) is 11.2 Å². The molecule has 3 heterocycles. The number of piperidine rings is 1. The van der Waals surface area contributed by atoms with Crippen LogP contribution in [0.2, 0.25) is 0 Å². The van der Waals surface area contributed by atoms with Crippen LogP contribution in [0.4, 0.5) is 16.0 Å². The van der Waals surface area contributed by atoms with E-state index in [1.54, 1.807) is 6.07 Å². The highest BCUT2D eigenvalue weighted by atomic mass is 19.1. The Bertz CT molecular complexity index is 821. The van der Waals surface area contributed by atoms with Gasteiger partial charge in [0.25, 0.3) is 0 Å². The van der Waals surface area contributed by atoms with Gasteiger partial charge in [0, 0.05) is 24.3 Å². The van der Waals surface area contributed by atoms with E-state index in [2.05, 4.69) is 16.7 Å². The molecule has 0 spiro atoms. The molecule has 1 atom stereocenters. The van der Waals surface area contributed by atoms with Gasteiger partial charge in [-0.2, -0.15) is 0 Å². The van der Waals surface area contributed by atoms with E-state index in [9.17, 15) is 4.39 Å². The van der Waals surface area contributed by atoms with Crippen molar-refractivity contribution in [2.75, 3.05) is 18.4 Å². The maximum Gasteiger partial charge on any atom is 0.212 e. The van der Waals surface area contributed by atoms with Crippen LogP contribution >= 0.6 is 0 Å². The van der Waals surface area contributed by atoms with Crippen molar-refractivity contribution < 1.29 is 4.39 Å². The van der Waals surface area contributed by atoms with Gasteiger partial charge in [-0.3, -0.25) is 4.40 Å². The smallest absolute Gasteiger partial charge is 0.212 e. The summed E-state index contributed by atoms with van der Waals surface area (Å²) in [5.41, 5.74) is 2.92. The number of nitrogens with one attached hydrogen (secondary N) is 2. The topological polar surface area (TPSA) is 41.4 Å². The highest BCUT2D eigenvalue weighted by Crippen LogP contribution is 2.29. The van der Waals surface area contributed by atoms with Gasteiger partial charge in [0.2, 0.25) is 5.95 Å². The number of halogens is 1. The van der Waals surface area contributed by atoms with E-state index in [0.717, 1.165) is 36.7 Å². The predicted molar refractivity (Wildman–Crippen MR) is 89.7 cm³/mol. The average molecular weight is 310 g/mol. The van der Waals surface area contributed by atoms with Gasteiger partial charge in [-0.05, 0) is 49.7 Å². The number of nitrogens with zero attached hydrogens (tertiary/aromatic N) is 2. The second-order valence-electron chi connectivity index (χ2n) is 5.96. The van der Waals surface area contributed by atoms with Crippen molar-refractivity contribution in [2.24, 2.45) is 0 Å². The van der Waals surface area contributed by atoms with Crippen LogP contribution in [0.5, 0.6) is 0 Å². The molecule has 4 rings (SSSR count). The van der Waals surface area contributed by atoms with Crippen LogP contribution in [-0.2, 0) is 0 Å². The molecule has 0 saturated carbocycles. The summed E-state index contributed by atoms with van der Waals surface area (Å²) in [5, 5.41) is 6.68. The number of pyridine rings is 1. The molecule has 0 amide bonds. The summed E-state index contributed by atoms with van der Waals surface area (Å²) in [6.07, 6.45) is 4.31. The molecule has 5 heteroatoms. The third-order valence-corrected chi connectivity index (χ3v) is 4.34. The van der Waals surface area contributed by atoms with Gasteiger partial charge in [0.15, 0.2) is 0 Å². The highest BCUT2D eigenvalue weighted by molar-refractivity contribution is 5.64. The van der Waals surface area contributed by atoms with Crippen molar-refractivity contribution in [1.29, 1.82) is 0 Å². The standard InChI is InChI=1S/C18H19FN4/c19-14-6-3-7-15(11-14)21-18-22-17(13-5-4-9-20-12-13)16-8-1-2-10-23(16)18/h1-3,6-8,10-11,13,20H,4-5,9,12H2,(H,21,22)/t13-/m1/s1. The summed E-state index contributed by atoms with van der Waals surface area (Å²) in [4.78, 5) is 4.83. The van der Waals surface area contributed by atoms with Gasteiger partial charge in [-0.1, -0.05) is 12.1 Å². The zero-order valence-corrected chi connectivity index (χ0v) is 12.8. The van der Waals surface area contributed by atoms with Crippen molar-refractivity contribution in [2.45, 2.75) is 18.8 Å². The molecule has 1 saturated heterocycles. The SMILES string of the molecule is Fc1cccc(Nc2nc([C@@H]3CCCNC3)c3ccccn23)c1. The van der Waals surface area contributed by atoms with Crippen LogP contribution in [0.1, 0.15) is 24.5 Å². The molecule has 1 aliphatic rings. The minimum absolute atomic E-state index is 0.257. The van der Waals surface area contributed by atoms with E-state index < -0.39 is 0 Å². The van der Waals surface area contributed by atoms with Crippen LogP contribution in [0, 0.1) is 5.82 Å². The van der Waals surface area contributed by atoms with E-state index >= 15 is 0 Å². The molecular weight excluding hydrogens is 291 g/mol. The van der Waals surface area contributed by atoms with E-state index in [1.165, 1.54) is 18.6 Å². The van der Waals surface area contributed by atoms with Crippen LogP contribution in [-0.4, -0.2) is 22.5 Å². The number of anilines is 2. The molecule has 1 aromatic carbocycles. The Morgan fingerprint density at radius 2 is 2.17 bits per heavy atom. The molecule has 1 fully saturated rings. The van der Waals surface area contributed by atoms with E-state index in [1.807, 2.05) is 28.8 Å². The number of hydrogen-bond donors (Lipinski definition) is 2. The summed E-state index contributed by atoms with van der Waals surface area (Å²) in [6.45, 7) is 2.04. The monoisotopic (exact) mass is 310 g/mol. The number of fused-ring (bicyclic) bond motifs is 1. The van der Waals surface area contributed by atoms with E-state index in [4.69, 9.17) is 4.98 Å². The molecule has 3 aromatic rings. The number of imidazole rings is 1. The molecule has 1 aliphatic heterocycles. The maximum absolute atomic E-state index is 13.4. The van der Waals surface area contributed by atoms with Crippen molar-refractivity contribution in [3.63, 3.8) is 0 Å². The number of aromatic nitrogens is 2. The summed E-state index contributed by atoms with van der Waals surface area (Å²) < 4.78 is 15.4. The quantitative estimate of drug-likeness (QED) is 0.775. The fourth-order valence-electron chi connectivity index (χ4n) is 3.23. The molecule has 118 valence electrons. The zero-order valence-electron chi connectivity index (χ0n) is 12.8. The van der Waals surface area contributed by atoms with Gasteiger partial charge in [-0.25, -0.2) is 9.37 Å². The molecule has 0 aliphatic carbocycles. The molecule has 4 nitrogen and oxygen atoms in total. The fraction of sp³-hybridized carbons (Fsp3) is 0.278. The van der Waals surface area contributed by atoms with Crippen LogP contribution in [0.3, 0.4) is 0 Å². The lowest BCUT2D eigenvalue weighted by Crippen LogP contribution is -2.28. The van der Waals surface area contributed by atoms with E-state index in [0.29, 0.717) is 11.6 Å². The summed E-state index contributed by atoms with van der Waals surface area (Å²) in [5.74, 6) is 0.892. The molecular formula is C18H19FN4. The Labute approximate surface area is 134 Å². The first kappa shape index (κ1) is 14.2. The average Bonchev–Trinajstić information content (AvgIpc) is 2.95. The van der Waals surface area contributed by atoms with Crippen molar-refractivity contribution in [1.82, 2.24) is 14.7 Å². The lowest BCUT2D eigenvalue weighted by Gasteiger charge is -2.21. The van der Waals surface area contributed by atoms with E-state index in [-0.39, 0.29) is 5.82 Å². The number of rotatable bonds is 3. The largest absolute Gasteiger partial charge is 0.325 e. The van der Waals surface area contributed by atoms with Gasteiger partial charge in [-0.15, -0.1) is 0 Å². The van der Waals surface area contributed by atoms with Gasteiger partial charge >= 0.3 is 0 Å². The Morgan fingerprint density at radius 3 is 3.00 bits per heavy atom. The second-order valence-corrected chi connectivity index (χ2v) is 5.96. The lowest BCUT2D eigenvalue weighted by molar-refractivity contribution is 0.458. The zero-order chi connectivity index (χ0) is 15.6. The third kappa shape index (κ3) is 2.80. The predicted octanol–water partition coefficient (Wildman–Crippen LogP) is 3.68. The first-order chi connectivity index (χ1) is 11.3. The molecule has 23 heavy (non-hydrogen) atoms. The van der Waals surface area contributed by atoms with Gasteiger partial charge in [0.1, 0.15) is 5.82 Å². The first-order valence-electron chi connectivity index (χ1n) is 8.01. The van der Waals surface area contributed by atoms with Gasteiger partial charge < -0.3 is 10.6 Å². The maximum atomic E-state index is 13.4. The summed E-state index contributed by atoms with van der Waals surface area (Å²) in [6, 6.07) is 12.6. The minimum Gasteiger partial charge on any atom is -0.325 e. The van der Waals surface area contributed by atoms with Crippen LogP contribution in [0.25, 0.3) is 5.52 Å². The van der Waals surface area contributed by atoms with Crippen molar-refractivity contribution in [3.8, 4) is 0 Å². The third-order valence-electron chi connectivity index (χ3n) is 4.34. The Kier molecular flexibility index (Phi) is 3.71. The highest BCUT2D eigenvalue weighted by Gasteiger charge is 2.21. The minimum atomic E-state index is -0.257. The number of hydrogen-bond acceptors (Lipinski definition) is 3. The second kappa shape index (κ2) is 6.01. The summed E-state index contributed by atoms with van der Waals surface area (Å²) >= 11 is 0.